The van der Waals surface area contributed by atoms with Crippen molar-refractivity contribution in [3.05, 3.63) is 11.1 Å². The monoisotopic (exact) mass is 514 g/mol. The Morgan fingerprint density at radius 2 is 1.76 bits per heavy atom. The Morgan fingerprint density at radius 3 is 2.43 bits per heavy atom. The summed E-state index contributed by atoms with van der Waals surface area (Å²) in [5, 5.41) is 10.2. The fourth-order valence-electron chi connectivity index (χ4n) is 10.7. The molecular weight excluding hydrogens is 464 g/mol. The zero-order chi connectivity index (χ0) is 27.0. The maximum Gasteiger partial charge on any atom is 0.335 e. The number of hydrogen-bond acceptors (Lipinski definition) is 5. The first-order chi connectivity index (χ1) is 17.3. The highest BCUT2D eigenvalue weighted by atomic mass is 16.6. The van der Waals surface area contributed by atoms with Gasteiger partial charge in [0.05, 0.1) is 12.5 Å². The second-order valence-electron chi connectivity index (χ2n) is 14.3. The highest BCUT2D eigenvalue weighted by molar-refractivity contribution is 5.94. The van der Waals surface area contributed by atoms with Crippen LogP contribution in [0.5, 0.6) is 0 Å². The number of aliphatic hydroxyl groups is 1. The first-order valence-electron chi connectivity index (χ1n) is 15.2. The molecule has 0 radical (unpaired) electrons. The molecule has 5 rings (SSSR count). The number of esters is 2. The van der Waals surface area contributed by atoms with E-state index in [9.17, 15) is 14.7 Å². The predicted octanol–water partition coefficient (Wildman–Crippen LogP) is 6.76. The SMILES string of the molecule is CCC(O)CC(=O)O[C@H]1CC2[C@@]3(C)CCC[C@](C)(CC)C3CC[C@@]2(C)[C@@H]2CCC3=C(C(=O)O[C@@H]3C)[C@@]12C. The molecule has 4 aliphatic carbocycles. The fourth-order valence-corrected chi connectivity index (χ4v) is 10.7. The van der Waals surface area contributed by atoms with Gasteiger partial charge in [0.25, 0.3) is 0 Å². The van der Waals surface area contributed by atoms with Crippen molar-refractivity contribution in [3.8, 4) is 0 Å². The van der Waals surface area contributed by atoms with Gasteiger partial charge in [0.15, 0.2) is 0 Å². The minimum absolute atomic E-state index is 0.0102. The summed E-state index contributed by atoms with van der Waals surface area (Å²) < 4.78 is 12.2. The van der Waals surface area contributed by atoms with Gasteiger partial charge in [-0.1, -0.05) is 54.4 Å². The number of carbonyl (C=O) groups is 2. The Balaban J connectivity index is 1.60. The summed E-state index contributed by atoms with van der Waals surface area (Å²) in [5.41, 5.74) is 2.01. The summed E-state index contributed by atoms with van der Waals surface area (Å²) in [5.74, 6) is 0.831. The van der Waals surface area contributed by atoms with Gasteiger partial charge >= 0.3 is 11.9 Å². The summed E-state index contributed by atoms with van der Waals surface area (Å²) in [6.07, 6.45) is 9.42. The summed E-state index contributed by atoms with van der Waals surface area (Å²) in [7, 11) is 0. The molecule has 10 atom stereocenters. The molecule has 5 aliphatic rings. The zero-order valence-corrected chi connectivity index (χ0v) is 24.3. The van der Waals surface area contributed by atoms with E-state index in [0.29, 0.717) is 23.7 Å². The van der Waals surface area contributed by atoms with Crippen molar-refractivity contribution < 1.29 is 24.2 Å². The Bertz CT molecular complexity index is 986. The second kappa shape index (κ2) is 9.10. The van der Waals surface area contributed by atoms with E-state index >= 15 is 0 Å². The minimum atomic E-state index is -0.692. The highest BCUT2D eigenvalue weighted by Crippen LogP contribution is 2.74. The smallest absolute Gasteiger partial charge is 0.335 e. The lowest BCUT2D eigenvalue weighted by Gasteiger charge is -2.70. The quantitative estimate of drug-likeness (QED) is 0.410. The van der Waals surface area contributed by atoms with Crippen LogP contribution in [0, 0.1) is 39.4 Å². The molecule has 0 amide bonds. The molecule has 3 unspecified atom stereocenters. The minimum Gasteiger partial charge on any atom is -0.461 e. The third kappa shape index (κ3) is 3.79. The molecule has 0 aromatic heterocycles. The zero-order valence-electron chi connectivity index (χ0n) is 24.3. The predicted molar refractivity (Wildman–Crippen MR) is 143 cm³/mol. The van der Waals surface area contributed by atoms with Gasteiger partial charge in [-0.05, 0) is 97.9 Å². The van der Waals surface area contributed by atoms with E-state index in [2.05, 4.69) is 34.6 Å². The van der Waals surface area contributed by atoms with E-state index in [-0.39, 0.29) is 47.3 Å². The molecule has 0 bridgehead atoms. The van der Waals surface area contributed by atoms with Crippen molar-refractivity contribution in [2.24, 2.45) is 39.4 Å². The van der Waals surface area contributed by atoms with Crippen LogP contribution in [0.4, 0.5) is 0 Å². The van der Waals surface area contributed by atoms with Crippen molar-refractivity contribution in [2.75, 3.05) is 0 Å². The van der Waals surface area contributed by atoms with E-state index in [1.807, 2.05) is 13.8 Å². The molecular formula is C32H50O5. The normalized spacial score (nSPS) is 47.8. The Morgan fingerprint density at radius 1 is 1.05 bits per heavy atom. The molecule has 0 aromatic carbocycles. The van der Waals surface area contributed by atoms with E-state index in [4.69, 9.17) is 9.47 Å². The van der Waals surface area contributed by atoms with Crippen molar-refractivity contribution in [3.63, 3.8) is 0 Å². The van der Waals surface area contributed by atoms with Crippen LogP contribution in [0.1, 0.15) is 119 Å². The average molecular weight is 515 g/mol. The van der Waals surface area contributed by atoms with Crippen LogP contribution in [-0.4, -0.2) is 35.4 Å². The standard InChI is InChI=1S/C32H50O5/c1-8-20(33)17-26(34)37-25-18-24-30(5)15-10-14-29(4,9-2)22(30)13-16-31(24,6)23-12-11-21-19(3)36-28(35)27(21)32(23,25)7/h19-20,22-25,33H,8-18H2,1-7H3/t19-,20?,22?,23+,24?,25+,29+,30+,31+,32-/m1/s1. The van der Waals surface area contributed by atoms with Gasteiger partial charge in [-0.2, -0.15) is 0 Å². The molecule has 1 aliphatic heterocycles. The van der Waals surface area contributed by atoms with Crippen molar-refractivity contribution in [1.82, 2.24) is 0 Å². The molecule has 0 aromatic rings. The maximum absolute atomic E-state index is 13.4. The number of rotatable bonds is 5. The van der Waals surface area contributed by atoms with E-state index < -0.39 is 11.5 Å². The molecule has 5 heteroatoms. The van der Waals surface area contributed by atoms with Gasteiger partial charge < -0.3 is 14.6 Å². The lowest BCUT2D eigenvalue weighted by atomic mass is 9.35. The first-order valence-corrected chi connectivity index (χ1v) is 15.2. The molecule has 0 saturated heterocycles. The van der Waals surface area contributed by atoms with Crippen LogP contribution < -0.4 is 0 Å². The number of aliphatic hydroxyl groups excluding tert-OH is 1. The topological polar surface area (TPSA) is 72.8 Å². The van der Waals surface area contributed by atoms with Gasteiger partial charge in [0.1, 0.15) is 12.2 Å². The number of hydrogen-bond donors (Lipinski definition) is 1. The molecule has 3 saturated carbocycles. The maximum atomic E-state index is 13.4. The lowest BCUT2D eigenvalue weighted by Crippen LogP contribution is -2.66. The number of cyclic esters (lactones) is 1. The Kier molecular flexibility index (Phi) is 6.69. The largest absolute Gasteiger partial charge is 0.461 e. The number of fused-ring (bicyclic) bond motifs is 6. The van der Waals surface area contributed by atoms with Gasteiger partial charge in [0.2, 0.25) is 0 Å². The molecule has 0 spiro atoms. The highest BCUT2D eigenvalue weighted by Gasteiger charge is 2.70. The molecule has 1 N–H and O–H groups in total. The van der Waals surface area contributed by atoms with Crippen LogP contribution in [-0.2, 0) is 19.1 Å². The van der Waals surface area contributed by atoms with E-state index in [1.165, 1.54) is 38.5 Å². The van der Waals surface area contributed by atoms with Crippen LogP contribution in [0.25, 0.3) is 0 Å². The van der Waals surface area contributed by atoms with E-state index in [0.717, 1.165) is 30.4 Å². The molecule has 208 valence electrons. The lowest BCUT2D eigenvalue weighted by molar-refractivity contribution is -0.228. The van der Waals surface area contributed by atoms with Crippen LogP contribution >= 0.6 is 0 Å². The third-order valence-electron chi connectivity index (χ3n) is 12.8. The first kappa shape index (κ1) is 27.2. The number of carbonyl (C=O) groups excluding carboxylic acids is 2. The molecule has 5 nitrogen and oxygen atoms in total. The second-order valence-corrected chi connectivity index (χ2v) is 14.3. The van der Waals surface area contributed by atoms with Crippen LogP contribution in [0.15, 0.2) is 11.1 Å². The van der Waals surface area contributed by atoms with Crippen molar-refractivity contribution in [1.29, 1.82) is 0 Å². The van der Waals surface area contributed by atoms with Gasteiger partial charge in [0, 0.05) is 11.0 Å². The summed E-state index contributed by atoms with van der Waals surface area (Å²) in [6, 6.07) is 0. The van der Waals surface area contributed by atoms with Crippen molar-refractivity contribution >= 4 is 11.9 Å². The summed E-state index contributed by atoms with van der Waals surface area (Å²) >= 11 is 0. The fraction of sp³-hybridized carbons (Fsp3) is 0.875. The van der Waals surface area contributed by atoms with Gasteiger partial charge in [-0.25, -0.2) is 4.79 Å². The Labute approximate surface area is 224 Å². The molecule has 37 heavy (non-hydrogen) atoms. The summed E-state index contributed by atoms with van der Waals surface area (Å²) in [6.45, 7) is 16.0. The number of ether oxygens (including phenoxy) is 2. The average Bonchev–Trinajstić information content (AvgIpc) is 3.14. The van der Waals surface area contributed by atoms with Gasteiger partial charge in [-0.15, -0.1) is 0 Å². The van der Waals surface area contributed by atoms with Crippen LogP contribution in [0.2, 0.25) is 0 Å². The van der Waals surface area contributed by atoms with Crippen LogP contribution in [0.3, 0.4) is 0 Å². The molecule has 3 fully saturated rings. The van der Waals surface area contributed by atoms with Crippen molar-refractivity contribution in [2.45, 2.75) is 137 Å². The molecule has 1 heterocycles. The van der Waals surface area contributed by atoms with Gasteiger partial charge in [-0.3, -0.25) is 4.79 Å². The van der Waals surface area contributed by atoms with E-state index in [1.54, 1.807) is 0 Å². The third-order valence-corrected chi connectivity index (χ3v) is 12.8. The summed E-state index contributed by atoms with van der Waals surface area (Å²) in [4.78, 5) is 26.5. The Hall–Kier alpha value is -1.36.